The van der Waals surface area contributed by atoms with E-state index in [4.69, 9.17) is 0 Å². The summed E-state index contributed by atoms with van der Waals surface area (Å²) in [4.78, 5) is 26.1. The van der Waals surface area contributed by atoms with Crippen LogP contribution < -0.4 is 10.3 Å². The van der Waals surface area contributed by atoms with E-state index in [1.807, 2.05) is 4.90 Å². The number of rotatable bonds is 4. The molecule has 0 saturated carbocycles. The summed E-state index contributed by atoms with van der Waals surface area (Å²) in [5, 5.41) is 9.37. The summed E-state index contributed by atoms with van der Waals surface area (Å²) in [6.07, 6.45) is 3.10. The van der Waals surface area contributed by atoms with E-state index in [0.29, 0.717) is 34.3 Å². The molecule has 0 radical (unpaired) electrons. The maximum Gasteiger partial charge on any atom is 0.341 e. The number of fused-ring (bicyclic) bond motifs is 1. The number of nitrogens with zero attached hydrogens (tertiary/aromatic N) is 2. The Balaban J connectivity index is 1.94. The van der Waals surface area contributed by atoms with E-state index in [2.05, 4.69) is 15.9 Å². The molecule has 2 aromatic carbocycles. The van der Waals surface area contributed by atoms with Crippen LogP contribution in [-0.2, 0) is 6.54 Å². The number of hydrogen-bond donors (Lipinski definition) is 1. The number of anilines is 1. The maximum absolute atomic E-state index is 14.7. The molecule has 1 aromatic heterocycles. The van der Waals surface area contributed by atoms with Gasteiger partial charge in [0.1, 0.15) is 17.2 Å². The maximum atomic E-state index is 14.7. The number of aromatic carboxylic acids is 1. The summed E-state index contributed by atoms with van der Waals surface area (Å²) in [6, 6.07) is 7.21. The third-order valence-electron chi connectivity index (χ3n) is 5.18. The first-order valence-corrected chi connectivity index (χ1v) is 9.93. The van der Waals surface area contributed by atoms with Gasteiger partial charge in [0.25, 0.3) is 0 Å². The van der Waals surface area contributed by atoms with Gasteiger partial charge in [-0.3, -0.25) is 4.79 Å². The van der Waals surface area contributed by atoms with Gasteiger partial charge < -0.3 is 14.6 Å². The normalized spacial score (nSPS) is 14.0. The fraction of sp³-hybridized carbons (Fsp3) is 0.238. The molecule has 0 bridgehead atoms. The zero-order chi connectivity index (χ0) is 20.7. The van der Waals surface area contributed by atoms with Crippen molar-refractivity contribution in [3.63, 3.8) is 0 Å². The van der Waals surface area contributed by atoms with Gasteiger partial charge in [-0.15, -0.1) is 0 Å². The van der Waals surface area contributed by atoms with Gasteiger partial charge in [0.2, 0.25) is 5.43 Å². The summed E-state index contributed by atoms with van der Waals surface area (Å²) >= 11 is 3.20. The first-order valence-electron chi connectivity index (χ1n) is 9.14. The molecular formula is C21H17BrF2N2O3. The number of pyridine rings is 1. The van der Waals surface area contributed by atoms with Crippen molar-refractivity contribution >= 4 is 38.5 Å². The van der Waals surface area contributed by atoms with Crippen LogP contribution in [0.5, 0.6) is 0 Å². The minimum Gasteiger partial charge on any atom is -0.477 e. The minimum absolute atomic E-state index is 0.00124. The molecule has 1 aliphatic heterocycles. The Morgan fingerprint density at radius 2 is 1.83 bits per heavy atom. The molecule has 8 heteroatoms. The van der Waals surface area contributed by atoms with E-state index in [0.717, 1.165) is 18.9 Å². The van der Waals surface area contributed by atoms with Gasteiger partial charge in [0, 0.05) is 34.7 Å². The highest BCUT2D eigenvalue weighted by molar-refractivity contribution is 9.10. The molecule has 1 N–H and O–H groups in total. The van der Waals surface area contributed by atoms with Gasteiger partial charge in [0.05, 0.1) is 17.7 Å². The smallest absolute Gasteiger partial charge is 0.341 e. The lowest BCUT2D eigenvalue weighted by atomic mass is 10.1. The highest BCUT2D eigenvalue weighted by Crippen LogP contribution is 2.28. The number of hydrogen-bond acceptors (Lipinski definition) is 3. The van der Waals surface area contributed by atoms with Crippen molar-refractivity contribution in [2.75, 3.05) is 18.0 Å². The van der Waals surface area contributed by atoms with Crippen LogP contribution in [0.15, 0.2) is 45.8 Å². The first kappa shape index (κ1) is 19.6. The summed E-state index contributed by atoms with van der Waals surface area (Å²) in [5.74, 6) is -2.45. The highest BCUT2D eigenvalue weighted by atomic mass is 79.9. The van der Waals surface area contributed by atoms with E-state index < -0.39 is 28.6 Å². The van der Waals surface area contributed by atoms with Gasteiger partial charge in [-0.2, -0.15) is 0 Å². The molecule has 0 aliphatic carbocycles. The molecule has 0 atom stereocenters. The minimum atomic E-state index is -1.41. The second-order valence-electron chi connectivity index (χ2n) is 7.06. The number of aromatic nitrogens is 1. The fourth-order valence-electron chi connectivity index (χ4n) is 3.72. The van der Waals surface area contributed by atoms with Gasteiger partial charge in [-0.1, -0.05) is 22.0 Å². The lowest BCUT2D eigenvalue weighted by molar-refractivity contribution is 0.0695. The molecule has 2 heterocycles. The molecule has 4 rings (SSSR count). The van der Waals surface area contributed by atoms with E-state index in [1.165, 1.54) is 16.8 Å². The monoisotopic (exact) mass is 462 g/mol. The van der Waals surface area contributed by atoms with Crippen LogP contribution >= 0.6 is 15.9 Å². The van der Waals surface area contributed by atoms with Crippen LogP contribution in [0, 0.1) is 11.6 Å². The molecule has 150 valence electrons. The van der Waals surface area contributed by atoms with Crippen molar-refractivity contribution in [2.24, 2.45) is 0 Å². The second-order valence-corrected chi connectivity index (χ2v) is 7.97. The number of carbonyl (C=O) groups is 1. The standard InChI is InChI=1S/C21H17BrF2N2O3/c22-13-4-3-12(16(23)7-13)10-26-11-15(21(28)29)20(27)14-8-17(24)19(9-18(14)26)25-5-1-2-6-25/h3-4,7-9,11H,1-2,5-6,10H2,(H,28,29). The predicted molar refractivity (Wildman–Crippen MR) is 110 cm³/mol. The first-order chi connectivity index (χ1) is 13.8. The van der Waals surface area contributed by atoms with Crippen molar-refractivity contribution < 1.29 is 18.7 Å². The molecule has 29 heavy (non-hydrogen) atoms. The average molecular weight is 463 g/mol. The topological polar surface area (TPSA) is 62.5 Å². The SMILES string of the molecule is O=C(O)c1cn(Cc2ccc(Br)cc2F)c2cc(N3CCCC3)c(F)cc2c1=O. The molecule has 3 aromatic rings. The van der Waals surface area contributed by atoms with Crippen molar-refractivity contribution in [3.8, 4) is 0 Å². The largest absolute Gasteiger partial charge is 0.477 e. The number of carboxylic acid groups (broad SMARTS) is 1. The van der Waals surface area contributed by atoms with Crippen LogP contribution in [-0.4, -0.2) is 28.7 Å². The Morgan fingerprint density at radius 1 is 1.10 bits per heavy atom. The molecule has 1 fully saturated rings. The summed E-state index contributed by atoms with van der Waals surface area (Å²) < 4.78 is 31.2. The Bertz CT molecular complexity index is 1190. The number of carboxylic acids is 1. The van der Waals surface area contributed by atoms with E-state index in [9.17, 15) is 23.5 Å². The molecule has 1 saturated heterocycles. The molecular weight excluding hydrogens is 446 g/mol. The molecule has 5 nitrogen and oxygen atoms in total. The van der Waals surface area contributed by atoms with Crippen LogP contribution in [0.4, 0.5) is 14.5 Å². The molecule has 0 amide bonds. The average Bonchev–Trinajstić information content (AvgIpc) is 3.20. The second kappa shape index (κ2) is 7.59. The van der Waals surface area contributed by atoms with Gasteiger partial charge in [-0.05, 0) is 37.1 Å². The van der Waals surface area contributed by atoms with Crippen LogP contribution in [0.25, 0.3) is 10.9 Å². The Hall–Kier alpha value is -2.74. The van der Waals surface area contributed by atoms with Crippen molar-refractivity contribution in [3.05, 3.63) is 74.0 Å². The summed E-state index contributed by atoms with van der Waals surface area (Å²) in [7, 11) is 0. The zero-order valence-electron chi connectivity index (χ0n) is 15.3. The lowest BCUT2D eigenvalue weighted by Crippen LogP contribution is -2.22. The Labute approximate surface area is 173 Å². The quantitative estimate of drug-likeness (QED) is 0.624. The van der Waals surface area contributed by atoms with Gasteiger partial charge in [0.15, 0.2) is 0 Å². The number of benzene rings is 2. The highest BCUT2D eigenvalue weighted by Gasteiger charge is 2.21. The van der Waals surface area contributed by atoms with E-state index in [1.54, 1.807) is 18.2 Å². The Morgan fingerprint density at radius 3 is 2.48 bits per heavy atom. The molecule has 0 spiro atoms. The van der Waals surface area contributed by atoms with Gasteiger partial charge >= 0.3 is 5.97 Å². The van der Waals surface area contributed by atoms with E-state index >= 15 is 0 Å². The van der Waals surface area contributed by atoms with Crippen molar-refractivity contribution in [2.45, 2.75) is 19.4 Å². The third-order valence-corrected chi connectivity index (χ3v) is 5.67. The van der Waals surface area contributed by atoms with Gasteiger partial charge in [-0.25, -0.2) is 13.6 Å². The van der Waals surface area contributed by atoms with Crippen molar-refractivity contribution in [1.82, 2.24) is 4.57 Å². The number of halogens is 3. The fourth-order valence-corrected chi connectivity index (χ4v) is 4.05. The lowest BCUT2D eigenvalue weighted by Gasteiger charge is -2.21. The third kappa shape index (κ3) is 3.64. The van der Waals surface area contributed by atoms with Crippen LogP contribution in [0.2, 0.25) is 0 Å². The zero-order valence-corrected chi connectivity index (χ0v) is 16.9. The van der Waals surface area contributed by atoms with Crippen molar-refractivity contribution in [1.29, 1.82) is 0 Å². The summed E-state index contributed by atoms with van der Waals surface area (Å²) in [6.45, 7) is 1.42. The molecule has 1 aliphatic rings. The van der Waals surface area contributed by atoms with Crippen LogP contribution in [0.3, 0.4) is 0 Å². The van der Waals surface area contributed by atoms with E-state index in [-0.39, 0.29) is 11.9 Å². The Kier molecular flexibility index (Phi) is 5.12. The summed E-state index contributed by atoms with van der Waals surface area (Å²) in [5.41, 5.74) is -0.190. The predicted octanol–water partition coefficient (Wildman–Crippen LogP) is 4.39. The molecule has 0 unspecified atom stereocenters. The van der Waals surface area contributed by atoms with Crippen LogP contribution in [0.1, 0.15) is 28.8 Å².